The van der Waals surface area contributed by atoms with Crippen molar-refractivity contribution in [2.45, 2.75) is 44.7 Å². The fourth-order valence-electron chi connectivity index (χ4n) is 2.67. The summed E-state index contributed by atoms with van der Waals surface area (Å²) in [6, 6.07) is -0.509. The maximum atomic E-state index is 12.5. The van der Waals surface area contributed by atoms with Gasteiger partial charge in [0, 0.05) is 6.54 Å². The molecule has 1 aliphatic carbocycles. The Morgan fingerprint density at radius 3 is 2.59 bits per heavy atom. The molecule has 96 valence electrons. The van der Waals surface area contributed by atoms with Gasteiger partial charge in [-0.3, -0.25) is 9.59 Å². The number of carbonyl (C=O) groups excluding carboxylic acids is 2. The van der Waals surface area contributed by atoms with Crippen LogP contribution in [0.2, 0.25) is 0 Å². The van der Waals surface area contributed by atoms with Crippen LogP contribution in [0.25, 0.3) is 0 Å². The van der Waals surface area contributed by atoms with Gasteiger partial charge in [0.25, 0.3) is 0 Å². The Hall–Kier alpha value is -1.13. The van der Waals surface area contributed by atoms with Gasteiger partial charge < -0.3 is 10.2 Å². The van der Waals surface area contributed by atoms with E-state index < -0.39 is 18.3 Å². The van der Waals surface area contributed by atoms with Crippen molar-refractivity contribution in [3.8, 4) is 0 Å². The number of carbonyl (C=O) groups is 2. The van der Waals surface area contributed by atoms with Crippen molar-refractivity contribution >= 4 is 11.8 Å². The molecule has 2 fully saturated rings. The number of halogens is 1. The van der Waals surface area contributed by atoms with Gasteiger partial charge in [0.05, 0.1) is 0 Å². The average Bonchev–Trinajstić information content (AvgIpc) is 3.10. The lowest BCUT2D eigenvalue weighted by Crippen LogP contribution is -2.70. The van der Waals surface area contributed by atoms with Crippen LogP contribution in [0, 0.1) is 5.92 Å². The van der Waals surface area contributed by atoms with Gasteiger partial charge in [-0.05, 0) is 32.1 Å². The lowest BCUT2D eigenvalue weighted by Gasteiger charge is -2.44. The van der Waals surface area contributed by atoms with E-state index in [4.69, 9.17) is 0 Å². The van der Waals surface area contributed by atoms with Gasteiger partial charge in [0.15, 0.2) is 0 Å². The first-order valence-electron chi connectivity index (χ1n) is 6.23. The van der Waals surface area contributed by atoms with Gasteiger partial charge in [-0.2, -0.15) is 0 Å². The lowest BCUT2D eigenvalue weighted by molar-refractivity contribution is -0.155. The zero-order valence-corrected chi connectivity index (χ0v) is 10.3. The summed E-state index contributed by atoms with van der Waals surface area (Å²) in [5, 5.41) is 2.84. The molecule has 1 N–H and O–H groups in total. The van der Waals surface area contributed by atoms with E-state index in [2.05, 4.69) is 5.32 Å². The predicted octanol–water partition coefficient (Wildman–Crippen LogP) is 0.862. The smallest absolute Gasteiger partial charge is 0.249 e. The maximum absolute atomic E-state index is 12.5. The summed E-state index contributed by atoms with van der Waals surface area (Å²) in [5.41, 5.74) is -0.808. The van der Waals surface area contributed by atoms with Crippen molar-refractivity contribution in [3.05, 3.63) is 0 Å². The minimum absolute atomic E-state index is 0.0209. The number of amides is 2. The van der Waals surface area contributed by atoms with Crippen molar-refractivity contribution in [2.24, 2.45) is 5.92 Å². The third-order valence-corrected chi connectivity index (χ3v) is 3.87. The monoisotopic (exact) mass is 242 g/mol. The third-order valence-electron chi connectivity index (χ3n) is 3.87. The van der Waals surface area contributed by atoms with Crippen LogP contribution in [0.1, 0.15) is 33.1 Å². The topological polar surface area (TPSA) is 49.4 Å². The molecule has 0 aromatic heterocycles. The maximum Gasteiger partial charge on any atom is 0.249 e. The molecule has 2 amide bonds. The Balaban J connectivity index is 2.25. The number of piperazine rings is 1. The zero-order chi connectivity index (χ0) is 12.6. The molecule has 0 aromatic rings. The van der Waals surface area contributed by atoms with Gasteiger partial charge in [-0.1, -0.05) is 6.92 Å². The molecule has 5 heteroatoms. The summed E-state index contributed by atoms with van der Waals surface area (Å²) < 4.78 is 12.5. The number of nitrogens with zero attached hydrogens (tertiary/aromatic N) is 1. The van der Waals surface area contributed by atoms with Crippen LogP contribution in [-0.4, -0.2) is 41.5 Å². The van der Waals surface area contributed by atoms with Crippen molar-refractivity contribution < 1.29 is 14.0 Å². The number of hydrogen-bond donors (Lipinski definition) is 1. The highest BCUT2D eigenvalue weighted by Crippen LogP contribution is 2.42. The first-order chi connectivity index (χ1) is 8.04. The van der Waals surface area contributed by atoms with Gasteiger partial charge in [0.1, 0.15) is 18.3 Å². The van der Waals surface area contributed by atoms with Crippen LogP contribution in [0.4, 0.5) is 4.39 Å². The number of hydrogen-bond acceptors (Lipinski definition) is 2. The highest BCUT2D eigenvalue weighted by atomic mass is 19.1. The molecule has 0 bridgehead atoms. The summed E-state index contributed by atoms with van der Waals surface area (Å²) in [5.74, 6) is -0.0436. The normalized spacial score (nSPS) is 33.8. The Labute approximate surface area is 101 Å². The van der Waals surface area contributed by atoms with Crippen LogP contribution in [0.3, 0.4) is 0 Å². The van der Waals surface area contributed by atoms with Crippen molar-refractivity contribution in [1.82, 2.24) is 10.2 Å². The molecular formula is C12H19FN2O2. The average molecular weight is 242 g/mol. The summed E-state index contributed by atoms with van der Waals surface area (Å²) in [6.07, 6.45) is 2.45. The second-order valence-electron chi connectivity index (χ2n) is 5.08. The van der Waals surface area contributed by atoms with Crippen LogP contribution in [0.5, 0.6) is 0 Å². The molecule has 1 heterocycles. The van der Waals surface area contributed by atoms with E-state index in [-0.39, 0.29) is 24.3 Å². The molecule has 4 nitrogen and oxygen atoms in total. The SMILES string of the molecule is CCC1C(=O)NC(C)(C2CC2)C(=O)N1CCF. The number of rotatable bonds is 4. The van der Waals surface area contributed by atoms with E-state index in [1.54, 1.807) is 6.92 Å². The summed E-state index contributed by atoms with van der Waals surface area (Å²) in [6.45, 7) is 3.02. The molecule has 2 unspecified atom stereocenters. The first kappa shape index (κ1) is 12.3. The first-order valence-corrected chi connectivity index (χ1v) is 6.23. The molecular weight excluding hydrogens is 223 g/mol. The molecule has 0 spiro atoms. The molecule has 1 saturated carbocycles. The zero-order valence-electron chi connectivity index (χ0n) is 10.3. The second kappa shape index (κ2) is 4.27. The minimum Gasteiger partial charge on any atom is -0.340 e. The van der Waals surface area contributed by atoms with Crippen molar-refractivity contribution in [1.29, 1.82) is 0 Å². The molecule has 1 aliphatic heterocycles. The van der Waals surface area contributed by atoms with Crippen LogP contribution >= 0.6 is 0 Å². The Morgan fingerprint density at radius 2 is 2.12 bits per heavy atom. The van der Waals surface area contributed by atoms with Gasteiger partial charge in [-0.15, -0.1) is 0 Å². The molecule has 2 aliphatic rings. The van der Waals surface area contributed by atoms with E-state index in [1.165, 1.54) is 4.90 Å². The fourth-order valence-corrected chi connectivity index (χ4v) is 2.67. The third kappa shape index (κ3) is 1.91. The van der Waals surface area contributed by atoms with Crippen LogP contribution in [-0.2, 0) is 9.59 Å². The predicted molar refractivity (Wildman–Crippen MR) is 61.0 cm³/mol. The van der Waals surface area contributed by atoms with E-state index in [1.807, 2.05) is 6.92 Å². The molecule has 2 rings (SSSR count). The molecule has 1 saturated heterocycles. The van der Waals surface area contributed by atoms with Gasteiger partial charge in [-0.25, -0.2) is 4.39 Å². The summed E-state index contributed by atoms with van der Waals surface area (Å²) in [4.78, 5) is 25.8. The van der Waals surface area contributed by atoms with E-state index >= 15 is 0 Å². The van der Waals surface area contributed by atoms with E-state index in [0.717, 1.165) is 12.8 Å². The van der Waals surface area contributed by atoms with Gasteiger partial charge in [0.2, 0.25) is 11.8 Å². The highest BCUT2D eigenvalue weighted by Gasteiger charge is 2.54. The molecule has 2 atom stereocenters. The largest absolute Gasteiger partial charge is 0.340 e. The van der Waals surface area contributed by atoms with Crippen molar-refractivity contribution in [2.75, 3.05) is 13.2 Å². The quantitative estimate of drug-likeness (QED) is 0.795. The van der Waals surface area contributed by atoms with Crippen LogP contribution in [0.15, 0.2) is 0 Å². The van der Waals surface area contributed by atoms with E-state index in [9.17, 15) is 14.0 Å². The summed E-state index contributed by atoms with van der Waals surface area (Å²) >= 11 is 0. The lowest BCUT2D eigenvalue weighted by atomic mass is 9.89. The van der Waals surface area contributed by atoms with Crippen LogP contribution < -0.4 is 5.32 Å². The minimum atomic E-state index is -0.808. The van der Waals surface area contributed by atoms with E-state index in [0.29, 0.717) is 6.42 Å². The second-order valence-corrected chi connectivity index (χ2v) is 5.08. The Bertz CT molecular complexity index is 343. The fraction of sp³-hybridized carbons (Fsp3) is 0.833. The standard InChI is InChI=1S/C12H19FN2O2/c1-3-9-10(16)14-12(2,8-4-5-8)11(17)15(9)7-6-13/h8-9H,3-7H2,1-2H3,(H,14,16). The number of alkyl halides is 1. The Kier molecular flexibility index (Phi) is 3.10. The highest BCUT2D eigenvalue weighted by molar-refractivity contribution is 6.00. The molecule has 0 aromatic carbocycles. The van der Waals surface area contributed by atoms with Crippen molar-refractivity contribution in [3.63, 3.8) is 0 Å². The Morgan fingerprint density at radius 1 is 1.47 bits per heavy atom. The number of nitrogens with one attached hydrogen (secondary N) is 1. The van der Waals surface area contributed by atoms with Gasteiger partial charge >= 0.3 is 0 Å². The molecule has 0 radical (unpaired) electrons. The molecule has 17 heavy (non-hydrogen) atoms. The summed E-state index contributed by atoms with van der Waals surface area (Å²) in [7, 11) is 0.